The maximum atomic E-state index is 14.2. The Bertz CT molecular complexity index is 890. The number of halogens is 1. The zero-order valence-electron chi connectivity index (χ0n) is 15.9. The third kappa shape index (κ3) is 4.97. The summed E-state index contributed by atoms with van der Waals surface area (Å²) in [5.74, 6) is -1.39. The van der Waals surface area contributed by atoms with E-state index >= 15 is 0 Å². The molecule has 1 aromatic carbocycles. The Labute approximate surface area is 167 Å². The number of nitrogens with one attached hydrogen (secondary N) is 1. The van der Waals surface area contributed by atoms with E-state index in [0.29, 0.717) is 22.2 Å². The quantitative estimate of drug-likeness (QED) is 0.524. The van der Waals surface area contributed by atoms with Crippen molar-refractivity contribution in [2.24, 2.45) is 0 Å². The van der Waals surface area contributed by atoms with Crippen molar-refractivity contribution in [2.45, 2.75) is 38.7 Å². The fraction of sp³-hybridized carbons (Fsp3) is 0.429. The number of rotatable bonds is 8. The summed E-state index contributed by atoms with van der Waals surface area (Å²) in [5.41, 5.74) is 1.83. The van der Waals surface area contributed by atoms with Gasteiger partial charge in [-0.15, -0.1) is 11.3 Å². The molecule has 0 saturated heterocycles. The summed E-state index contributed by atoms with van der Waals surface area (Å²) in [6.07, 6.45) is 7.71. The number of hydrogen-bond donors (Lipinski definition) is 1. The number of ether oxygens (including phenoxy) is 2. The van der Waals surface area contributed by atoms with Crippen LogP contribution in [-0.2, 0) is 20.9 Å². The van der Waals surface area contributed by atoms with Crippen LogP contribution in [0.25, 0.3) is 10.1 Å². The molecule has 0 atom stereocenters. The molecule has 3 rings (SSSR count). The normalized spacial score (nSPS) is 14.0. The fourth-order valence-electron chi connectivity index (χ4n) is 3.36. The first kappa shape index (κ1) is 20.5. The number of amides is 1. The Morgan fingerprint density at radius 1 is 1.29 bits per heavy atom. The van der Waals surface area contributed by atoms with Crippen LogP contribution in [0, 0.1) is 5.82 Å². The van der Waals surface area contributed by atoms with Crippen LogP contribution >= 0.6 is 11.3 Å². The van der Waals surface area contributed by atoms with Crippen LogP contribution in [0.3, 0.4) is 0 Å². The van der Waals surface area contributed by atoms with E-state index in [0.717, 1.165) is 30.6 Å². The number of benzene rings is 1. The predicted octanol–water partition coefficient (Wildman–Crippen LogP) is 4.35. The SMILES string of the molecule is COCc1c(C(=O)OCC(=O)NCCC2=CCCCC2)sc2cccc(F)c12. The lowest BCUT2D eigenvalue weighted by Gasteiger charge is -2.13. The van der Waals surface area contributed by atoms with Gasteiger partial charge >= 0.3 is 5.97 Å². The zero-order chi connectivity index (χ0) is 19.9. The Morgan fingerprint density at radius 2 is 2.14 bits per heavy atom. The summed E-state index contributed by atoms with van der Waals surface area (Å²) < 4.78 is 25.1. The van der Waals surface area contributed by atoms with Crippen molar-refractivity contribution in [3.05, 3.63) is 46.1 Å². The van der Waals surface area contributed by atoms with Crippen molar-refractivity contribution in [3.63, 3.8) is 0 Å². The number of thiophene rings is 1. The second kappa shape index (κ2) is 9.80. The summed E-state index contributed by atoms with van der Waals surface area (Å²) in [4.78, 5) is 24.7. The van der Waals surface area contributed by atoms with Crippen LogP contribution in [0.4, 0.5) is 4.39 Å². The molecule has 0 saturated carbocycles. The monoisotopic (exact) mass is 405 g/mol. The van der Waals surface area contributed by atoms with E-state index in [1.165, 1.54) is 31.6 Å². The van der Waals surface area contributed by atoms with E-state index in [1.807, 2.05) is 0 Å². The van der Waals surface area contributed by atoms with E-state index in [1.54, 1.807) is 12.1 Å². The van der Waals surface area contributed by atoms with Gasteiger partial charge < -0.3 is 14.8 Å². The maximum absolute atomic E-state index is 14.2. The summed E-state index contributed by atoms with van der Waals surface area (Å²) in [6, 6.07) is 4.68. The van der Waals surface area contributed by atoms with E-state index in [2.05, 4.69) is 11.4 Å². The Kier molecular flexibility index (Phi) is 7.17. The Morgan fingerprint density at radius 3 is 2.89 bits per heavy atom. The molecule has 0 radical (unpaired) electrons. The summed E-state index contributed by atoms with van der Waals surface area (Å²) in [7, 11) is 1.48. The number of fused-ring (bicyclic) bond motifs is 1. The lowest BCUT2D eigenvalue weighted by molar-refractivity contribution is -0.124. The van der Waals surface area contributed by atoms with E-state index in [4.69, 9.17) is 9.47 Å². The molecule has 0 bridgehead atoms. The maximum Gasteiger partial charge on any atom is 0.349 e. The molecule has 1 heterocycles. The number of hydrogen-bond acceptors (Lipinski definition) is 5. The molecular weight excluding hydrogens is 381 g/mol. The van der Waals surface area contributed by atoms with Crippen molar-refractivity contribution in [2.75, 3.05) is 20.3 Å². The lowest BCUT2D eigenvalue weighted by Crippen LogP contribution is -2.29. The van der Waals surface area contributed by atoms with Gasteiger partial charge in [-0.05, 0) is 44.2 Å². The molecule has 0 spiro atoms. The number of carbonyl (C=O) groups excluding carboxylic acids is 2. The molecule has 1 N–H and O–H groups in total. The highest BCUT2D eigenvalue weighted by Gasteiger charge is 2.22. The van der Waals surface area contributed by atoms with Crippen LogP contribution in [0.2, 0.25) is 0 Å². The smallest absolute Gasteiger partial charge is 0.349 e. The van der Waals surface area contributed by atoms with Gasteiger partial charge in [0.1, 0.15) is 10.7 Å². The topological polar surface area (TPSA) is 64.6 Å². The molecular formula is C21H24FNO4S. The first-order chi connectivity index (χ1) is 13.6. The van der Waals surface area contributed by atoms with Crippen LogP contribution in [-0.4, -0.2) is 32.1 Å². The zero-order valence-corrected chi connectivity index (χ0v) is 16.7. The molecule has 5 nitrogen and oxygen atoms in total. The standard InChI is InChI=1S/C21H24FNO4S/c1-26-12-15-19-16(22)8-5-9-17(19)28-20(15)21(25)27-13-18(24)23-11-10-14-6-3-2-4-7-14/h5-6,8-9H,2-4,7,10-13H2,1H3,(H,23,24). The van der Waals surface area contributed by atoms with Gasteiger partial charge in [0, 0.05) is 29.3 Å². The predicted molar refractivity (Wildman–Crippen MR) is 107 cm³/mol. The van der Waals surface area contributed by atoms with Gasteiger partial charge in [0.2, 0.25) is 0 Å². The summed E-state index contributed by atoms with van der Waals surface area (Å²) in [5, 5.41) is 3.14. The molecule has 150 valence electrons. The minimum Gasteiger partial charge on any atom is -0.451 e. The summed E-state index contributed by atoms with van der Waals surface area (Å²) in [6.45, 7) is 0.263. The summed E-state index contributed by atoms with van der Waals surface area (Å²) >= 11 is 1.14. The minimum absolute atomic E-state index is 0.0900. The Hall–Kier alpha value is -2.25. The largest absolute Gasteiger partial charge is 0.451 e. The van der Waals surface area contributed by atoms with Crippen molar-refractivity contribution in [1.82, 2.24) is 5.32 Å². The molecule has 2 aromatic rings. The van der Waals surface area contributed by atoms with Gasteiger partial charge in [0.15, 0.2) is 6.61 Å². The number of allylic oxidation sites excluding steroid dienone is 1. The van der Waals surface area contributed by atoms with Gasteiger partial charge in [-0.3, -0.25) is 4.79 Å². The molecule has 28 heavy (non-hydrogen) atoms. The van der Waals surface area contributed by atoms with Crippen LogP contribution < -0.4 is 5.32 Å². The minimum atomic E-state index is -0.641. The van der Waals surface area contributed by atoms with Gasteiger partial charge in [-0.25, -0.2) is 9.18 Å². The van der Waals surface area contributed by atoms with Gasteiger partial charge in [-0.2, -0.15) is 0 Å². The van der Waals surface area contributed by atoms with Crippen molar-refractivity contribution >= 4 is 33.3 Å². The molecule has 1 aliphatic rings. The van der Waals surface area contributed by atoms with Crippen molar-refractivity contribution in [1.29, 1.82) is 0 Å². The molecule has 0 aliphatic heterocycles. The molecule has 1 amide bonds. The third-order valence-electron chi connectivity index (χ3n) is 4.73. The molecule has 7 heteroatoms. The number of carbonyl (C=O) groups is 2. The van der Waals surface area contributed by atoms with Gasteiger partial charge in [0.25, 0.3) is 5.91 Å². The highest BCUT2D eigenvalue weighted by Crippen LogP contribution is 2.34. The highest BCUT2D eigenvalue weighted by atomic mass is 32.1. The number of methoxy groups -OCH3 is 1. The van der Waals surface area contributed by atoms with Crippen LogP contribution in [0.5, 0.6) is 0 Å². The van der Waals surface area contributed by atoms with Crippen LogP contribution in [0.15, 0.2) is 29.8 Å². The third-order valence-corrected chi connectivity index (χ3v) is 5.90. The highest BCUT2D eigenvalue weighted by molar-refractivity contribution is 7.21. The molecule has 0 unspecified atom stereocenters. The lowest BCUT2D eigenvalue weighted by atomic mass is 9.97. The number of esters is 1. The van der Waals surface area contributed by atoms with Gasteiger partial charge in [0.05, 0.1) is 6.61 Å². The first-order valence-corrected chi connectivity index (χ1v) is 10.2. The second-order valence-corrected chi connectivity index (χ2v) is 7.79. The van der Waals surface area contributed by atoms with Crippen LogP contribution in [0.1, 0.15) is 47.3 Å². The average molecular weight is 405 g/mol. The molecule has 1 aliphatic carbocycles. The van der Waals surface area contributed by atoms with E-state index in [9.17, 15) is 14.0 Å². The second-order valence-electron chi connectivity index (χ2n) is 6.74. The van der Waals surface area contributed by atoms with E-state index in [-0.39, 0.29) is 24.0 Å². The average Bonchev–Trinajstić information content (AvgIpc) is 3.07. The Balaban J connectivity index is 1.57. The van der Waals surface area contributed by atoms with Crippen molar-refractivity contribution < 1.29 is 23.5 Å². The van der Waals surface area contributed by atoms with Gasteiger partial charge in [-0.1, -0.05) is 17.7 Å². The van der Waals surface area contributed by atoms with E-state index < -0.39 is 11.8 Å². The van der Waals surface area contributed by atoms with Crippen molar-refractivity contribution in [3.8, 4) is 0 Å². The molecule has 1 aromatic heterocycles. The fourth-order valence-corrected chi connectivity index (χ4v) is 4.47. The molecule has 0 fully saturated rings. The first-order valence-electron chi connectivity index (χ1n) is 9.40.